The van der Waals surface area contributed by atoms with Gasteiger partial charge in [0.05, 0.1) is 5.41 Å². The van der Waals surface area contributed by atoms with Gasteiger partial charge in [-0.1, -0.05) is 25.7 Å². The smallest absolute Gasteiger partial charge is 0.309 e. The largest absolute Gasteiger partial charge is 0.481 e. The molecular weight excluding hydrogens is 226 g/mol. The quantitative estimate of drug-likeness (QED) is 0.829. The van der Waals surface area contributed by atoms with Crippen molar-refractivity contribution in [1.29, 1.82) is 0 Å². The Labute approximate surface area is 108 Å². The number of nitrogens with zero attached hydrogens (tertiary/aromatic N) is 1. The Balaban J connectivity index is 2.04. The van der Waals surface area contributed by atoms with Gasteiger partial charge in [0.15, 0.2) is 0 Å². The number of rotatable bonds is 4. The number of carboxylic acids is 1. The Morgan fingerprint density at radius 2 is 1.78 bits per heavy atom. The Morgan fingerprint density at radius 1 is 1.17 bits per heavy atom. The molecule has 1 saturated carbocycles. The summed E-state index contributed by atoms with van der Waals surface area (Å²) in [6.07, 6.45) is 11.3. The minimum absolute atomic E-state index is 0.486. The molecule has 0 aromatic carbocycles. The molecule has 0 spiro atoms. The highest BCUT2D eigenvalue weighted by molar-refractivity contribution is 5.74. The van der Waals surface area contributed by atoms with Gasteiger partial charge in [0.2, 0.25) is 0 Å². The summed E-state index contributed by atoms with van der Waals surface area (Å²) in [5.74, 6) is -0.599. The fourth-order valence-electron chi connectivity index (χ4n) is 2.91. The highest BCUT2D eigenvalue weighted by atomic mass is 16.4. The Hall–Kier alpha value is -1.38. The van der Waals surface area contributed by atoms with E-state index < -0.39 is 11.4 Å². The van der Waals surface area contributed by atoms with Crippen molar-refractivity contribution in [3.63, 3.8) is 0 Å². The maximum atomic E-state index is 11.6. The van der Waals surface area contributed by atoms with Crippen LogP contribution in [0.25, 0.3) is 0 Å². The molecule has 1 aromatic heterocycles. The van der Waals surface area contributed by atoms with E-state index in [2.05, 4.69) is 4.98 Å². The molecule has 0 unspecified atom stereocenters. The number of aliphatic carboxylic acids is 1. The summed E-state index contributed by atoms with van der Waals surface area (Å²) in [4.78, 5) is 15.6. The number of hydrogen-bond donors (Lipinski definition) is 1. The molecular formula is C15H21NO2. The lowest BCUT2D eigenvalue weighted by Gasteiger charge is -2.28. The molecule has 3 nitrogen and oxygen atoms in total. The maximum Gasteiger partial charge on any atom is 0.309 e. The second-order valence-electron chi connectivity index (χ2n) is 5.36. The SMILES string of the molecule is O=C(O)C1(CCc2ccncc2)CCCCCC1. The Kier molecular flexibility index (Phi) is 4.34. The van der Waals surface area contributed by atoms with E-state index in [0.29, 0.717) is 0 Å². The number of carboxylic acid groups (broad SMARTS) is 1. The van der Waals surface area contributed by atoms with Crippen LogP contribution >= 0.6 is 0 Å². The average Bonchev–Trinajstić information content (AvgIpc) is 2.64. The van der Waals surface area contributed by atoms with Crippen LogP contribution in [0.1, 0.15) is 50.5 Å². The van der Waals surface area contributed by atoms with E-state index in [4.69, 9.17) is 0 Å². The standard InChI is InChI=1S/C15H21NO2/c17-14(18)15(8-3-1-2-4-9-15)10-5-13-6-11-16-12-7-13/h6-7,11-12H,1-5,8-10H2,(H,17,18). The van der Waals surface area contributed by atoms with E-state index in [1.54, 1.807) is 12.4 Å². The molecule has 0 bridgehead atoms. The van der Waals surface area contributed by atoms with Crippen molar-refractivity contribution >= 4 is 5.97 Å². The van der Waals surface area contributed by atoms with Crippen molar-refractivity contribution in [3.8, 4) is 0 Å². The fraction of sp³-hybridized carbons (Fsp3) is 0.600. The number of aryl methyl sites for hydroxylation is 1. The summed E-state index contributed by atoms with van der Waals surface area (Å²) >= 11 is 0. The first kappa shape index (κ1) is 13.1. The zero-order valence-electron chi connectivity index (χ0n) is 10.8. The van der Waals surface area contributed by atoms with Crippen molar-refractivity contribution in [2.45, 2.75) is 51.4 Å². The van der Waals surface area contributed by atoms with Gasteiger partial charge in [-0.05, 0) is 43.4 Å². The minimum atomic E-state index is -0.599. The number of aromatic nitrogens is 1. The third kappa shape index (κ3) is 3.09. The van der Waals surface area contributed by atoms with Gasteiger partial charge in [-0.25, -0.2) is 0 Å². The Bertz CT molecular complexity index is 381. The average molecular weight is 247 g/mol. The molecule has 0 aliphatic heterocycles. The lowest BCUT2D eigenvalue weighted by atomic mass is 9.76. The molecule has 2 rings (SSSR count). The van der Waals surface area contributed by atoms with Crippen LogP contribution in [0.2, 0.25) is 0 Å². The maximum absolute atomic E-state index is 11.6. The van der Waals surface area contributed by atoms with Crippen molar-refractivity contribution < 1.29 is 9.90 Å². The van der Waals surface area contributed by atoms with E-state index in [-0.39, 0.29) is 0 Å². The van der Waals surface area contributed by atoms with Gasteiger partial charge in [-0.2, -0.15) is 0 Å². The second kappa shape index (κ2) is 5.98. The number of hydrogen-bond acceptors (Lipinski definition) is 2. The van der Waals surface area contributed by atoms with Crippen molar-refractivity contribution in [2.75, 3.05) is 0 Å². The molecule has 0 radical (unpaired) electrons. The van der Waals surface area contributed by atoms with Crippen molar-refractivity contribution in [1.82, 2.24) is 4.98 Å². The first-order chi connectivity index (χ1) is 8.73. The van der Waals surface area contributed by atoms with Gasteiger partial charge >= 0.3 is 5.97 Å². The summed E-state index contributed by atoms with van der Waals surface area (Å²) in [5, 5.41) is 9.58. The molecule has 0 amide bonds. The molecule has 18 heavy (non-hydrogen) atoms. The summed E-state index contributed by atoms with van der Waals surface area (Å²) in [6.45, 7) is 0. The van der Waals surface area contributed by atoms with Crippen LogP contribution in [-0.2, 0) is 11.2 Å². The lowest BCUT2D eigenvalue weighted by molar-refractivity contribution is -0.150. The van der Waals surface area contributed by atoms with Gasteiger partial charge < -0.3 is 5.11 Å². The number of pyridine rings is 1. The molecule has 1 heterocycles. The summed E-state index contributed by atoms with van der Waals surface area (Å²) < 4.78 is 0. The van der Waals surface area contributed by atoms with Crippen LogP contribution in [0.15, 0.2) is 24.5 Å². The van der Waals surface area contributed by atoms with Gasteiger partial charge in [-0.3, -0.25) is 9.78 Å². The predicted octanol–water partition coefficient (Wildman–Crippen LogP) is 3.44. The topological polar surface area (TPSA) is 50.2 Å². The molecule has 0 atom stereocenters. The van der Waals surface area contributed by atoms with Gasteiger partial charge in [-0.15, -0.1) is 0 Å². The summed E-state index contributed by atoms with van der Waals surface area (Å²) in [5.41, 5.74) is 0.703. The highest BCUT2D eigenvalue weighted by Crippen LogP contribution is 2.39. The monoisotopic (exact) mass is 247 g/mol. The van der Waals surface area contributed by atoms with Crippen molar-refractivity contribution in [2.24, 2.45) is 5.41 Å². The highest BCUT2D eigenvalue weighted by Gasteiger charge is 2.37. The first-order valence-corrected chi connectivity index (χ1v) is 6.85. The lowest BCUT2D eigenvalue weighted by Crippen LogP contribution is -2.31. The molecule has 1 aliphatic rings. The van der Waals surface area contributed by atoms with Crippen LogP contribution in [-0.4, -0.2) is 16.1 Å². The zero-order chi connectivity index (χ0) is 12.8. The molecule has 1 aromatic rings. The third-order valence-corrected chi connectivity index (χ3v) is 4.16. The minimum Gasteiger partial charge on any atom is -0.481 e. The molecule has 98 valence electrons. The molecule has 3 heteroatoms. The van der Waals surface area contributed by atoms with Gasteiger partial charge in [0.25, 0.3) is 0 Å². The third-order valence-electron chi connectivity index (χ3n) is 4.16. The van der Waals surface area contributed by atoms with Crippen molar-refractivity contribution in [3.05, 3.63) is 30.1 Å². The molecule has 1 aliphatic carbocycles. The van der Waals surface area contributed by atoms with Crippen LogP contribution in [0, 0.1) is 5.41 Å². The predicted molar refractivity (Wildman–Crippen MR) is 70.3 cm³/mol. The van der Waals surface area contributed by atoms with E-state index in [9.17, 15) is 9.90 Å². The van der Waals surface area contributed by atoms with E-state index in [0.717, 1.165) is 38.5 Å². The van der Waals surface area contributed by atoms with E-state index in [1.165, 1.54) is 18.4 Å². The van der Waals surface area contributed by atoms with Crippen LogP contribution in [0.5, 0.6) is 0 Å². The molecule has 0 saturated heterocycles. The van der Waals surface area contributed by atoms with E-state index >= 15 is 0 Å². The molecule has 1 N–H and O–H groups in total. The van der Waals surface area contributed by atoms with Crippen LogP contribution in [0.3, 0.4) is 0 Å². The van der Waals surface area contributed by atoms with Gasteiger partial charge in [0.1, 0.15) is 0 Å². The van der Waals surface area contributed by atoms with E-state index in [1.807, 2.05) is 12.1 Å². The summed E-state index contributed by atoms with van der Waals surface area (Å²) in [6, 6.07) is 3.96. The normalized spacial score (nSPS) is 19.1. The van der Waals surface area contributed by atoms with Crippen LogP contribution < -0.4 is 0 Å². The van der Waals surface area contributed by atoms with Gasteiger partial charge in [0, 0.05) is 12.4 Å². The second-order valence-corrected chi connectivity index (χ2v) is 5.36. The molecule has 1 fully saturated rings. The zero-order valence-corrected chi connectivity index (χ0v) is 10.8. The fourth-order valence-corrected chi connectivity index (χ4v) is 2.91. The first-order valence-electron chi connectivity index (χ1n) is 6.85. The number of carbonyl (C=O) groups is 1. The summed E-state index contributed by atoms with van der Waals surface area (Å²) in [7, 11) is 0. The Morgan fingerprint density at radius 3 is 2.33 bits per heavy atom. The van der Waals surface area contributed by atoms with Crippen LogP contribution in [0.4, 0.5) is 0 Å².